The first-order valence-corrected chi connectivity index (χ1v) is 7.57. The molecule has 4 nitrogen and oxygen atoms in total. The van der Waals surface area contributed by atoms with Crippen LogP contribution in [0.15, 0.2) is 24.3 Å². The van der Waals surface area contributed by atoms with Gasteiger partial charge in [-0.3, -0.25) is 4.79 Å². The van der Waals surface area contributed by atoms with Gasteiger partial charge in [-0.2, -0.15) is 18.4 Å². The summed E-state index contributed by atoms with van der Waals surface area (Å²) in [5.74, 6) is -0.349. The van der Waals surface area contributed by atoms with Crippen molar-refractivity contribution in [2.75, 3.05) is 13.2 Å². The van der Waals surface area contributed by atoms with E-state index in [2.05, 4.69) is 0 Å². The molecule has 7 heteroatoms. The maximum Gasteiger partial charge on any atom is 0.416 e. The van der Waals surface area contributed by atoms with Gasteiger partial charge in [0.05, 0.1) is 30.8 Å². The highest BCUT2D eigenvalue weighted by Gasteiger charge is 2.39. The van der Waals surface area contributed by atoms with E-state index in [1.165, 1.54) is 24.8 Å². The van der Waals surface area contributed by atoms with E-state index in [9.17, 15) is 18.0 Å². The number of carbonyl (C=O) groups is 1. The third-order valence-electron chi connectivity index (χ3n) is 4.09. The summed E-state index contributed by atoms with van der Waals surface area (Å²) in [6.07, 6.45) is -5.09. The van der Waals surface area contributed by atoms with E-state index >= 15 is 0 Å². The average molecular weight is 340 g/mol. The highest BCUT2D eigenvalue weighted by Crippen LogP contribution is 2.33. The topological polar surface area (TPSA) is 53.3 Å². The number of hydrogen-bond acceptors (Lipinski definition) is 3. The molecule has 0 N–H and O–H groups in total. The molecule has 1 aromatic carbocycles. The summed E-state index contributed by atoms with van der Waals surface area (Å²) in [6.45, 7) is 5.15. The Morgan fingerprint density at radius 3 is 2.62 bits per heavy atom. The maximum absolute atomic E-state index is 12.9. The van der Waals surface area contributed by atoms with Crippen LogP contribution >= 0.6 is 0 Å². The lowest BCUT2D eigenvalue weighted by Gasteiger charge is -2.40. The molecule has 130 valence electrons. The van der Waals surface area contributed by atoms with Crippen LogP contribution < -0.4 is 0 Å². The highest BCUT2D eigenvalue weighted by molar-refractivity contribution is 5.85. The van der Waals surface area contributed by atoms with Crippen LogP contribution in [-0.2, 0) is 15.7 Å². The van der Waals surface area contributed by atoms with Crippen LogP contribution in [0.25, 0.3) is 0 Å². The Kier molecular flexibility index (Phi) is 4.90. The van der Waals surface area contributed by atoms with Crippen LogP contribution in [-0.4, -0.2) is 30.0 Å². The summed E-state index contributed by atoms with van der Waals surface area (Å²) in [7, 11) is 0. The Morgan fingerprint density at radius 2 is 2.04 bits per heavy atom. The molecule has 1 heterocycles. The molecule has 2 rings (SSSR count). The second-order valence-electron chi connectivity index (χ2n) is 6.49. The zero-order valence-electron chi connectivity index (χ0n) is 13.7. The molecule has 2 atom stereocenters. The lowest BCUT2D eigenvalue weighted by molar-refractivity contribution is -0.151. The summed E-state index contributed by atoms with van der Waals surface area (Å²) >= 11 is 0. The summed E-state index contributed by atoms with van der Waals surface area (Å²) in [4.78, 5) is 14.0. The molecule has 1 aliphatic heterocycles. The smallest absolute Gasteiger partial charge is 0.370 e. The summed E-state index contributed by atoms with van der Waals surface area (Å²) in [5, 5.41) is 9.14. The number of rotatable bonds is 2. The minimum atomic E-state index is -4.43. The Bertz CT molecular complexity index is 665. The number of halogens is 3. The molecule has 0 aromatic heterocycles. The molecule has 24 heavy (non-hydrogen) atoms. The number of hydrogen-bond donors (Lipinski definition) is 0. The van der Waals surface area contributed by atoms with E-state index in [0.29, 0.717) is 5.56 Å². The first kappa shape index (κ1) is 18.3. The number of ether oxygens (including phenoxy) is 1. The first-order chi connectivity index (χ1) is 11.1. The van der Waals surface area contributed by atoms with Crippen molar-refractivity contribution in [2.24, 2.45) is 5.41 Å². The zero-order chi connectivity index (χ0) is 18.1. The molecule has 0 unspecified atom stereocenters. The SMILES string of the molecule is C[C@@H]1CO[C@H](c2cccc(C(F)(F)F)c2)CN1C(=O)C(C)(C)C#N. The molecule has 1 aliphatic rings. The molecule has 0 saturated carbocycles. The molecule has 0 bridgehead atoms. The van der Waals surface area contributed by atoms with Gasteiger partial charge in [-0.1, -0.05) is 12.1 Å². The predicted octanol–water partition coefficient (Wildman–Crippen LogP) is 3.54. The standard InChI is InChI=1S/C17H19F3N2O2/c1-11-9-24-14(8-22(11)15(23)16(2,3)10-21)12-5-4-6-13(7-12)17(18,19)20/h4-7,11,14H,8-9H2,1-3H3/t11-,14+/m1/s1. The van der Waals surface area contributed by atoms with Crippen molar-refractivity contribution in [1.82, 2.24) is 4.90 Å². The van der Waals surface area contributed by atoms with E-state index < -0.39 is 23.3 Å². The van der Waals surface area contributed by atoms with E-state index in [0.717, 1.165) is 12.1 Å². The third kappa shape index (κ3) is 3.70. The van der Waals surface area contributed by atoms with Crippen molar-refractivity contribution in [3.8, 4) is 6.07 Å². The Morgan fingerprint density at radius 1 is 1.38 bits per heavy atom. The van der Waals surface area contributed by atoms with Gasteiger partial charge in [0, 0.05) is 0 Å². The van der Waals surface area contributed by atoms with Crippen molar-refractivity contribution in [1.29, 1.82) is 5.26 Å². The van der Waals surface area contributed by atoms with Crippen LogP contribution in [0.1, 0.15) is 38.0 Å². The van der Waals surface area contributed by atoms with Crippen molar-refractivity contribution in [2.45, 2.75) is 39.1 Å². The quantitative estimate of drug-likeness (QED) is 0.827. The Balaban J connectivity index is 2.25. The molecule has 0 spiro atoms. The third-order valence-corrected chi connectivity index (χ3v) is 4.09. The minimum Gasteiger partial charge on any atom is -0.370 e. The molecule has 1 fully saturated rings. The largest absolute Gasteiger partial charge is 0.416 e. The van der Waals surface area contributed by atoms with Gasteiger partial charge < -0.3 is 9.64 Å². The first-order valence-electron chi connectivity index (χ1n) is 7.57. The van der Waals surface area contributed by atoms with Gasteiger partial charge in [0.1, 0.15) is 11.5 Å². The van der Waals surface area contributed by atoms with Gasteiger partial charge in [-0.05, 0) is 38.5 Å². The molecule has 0 aliphatic carbocycles. The van der Waals surface area contributed by atoms with Crippen LogP contribution in [0.4, 0.5) is 13.2 Å². The number of nitrogens with zero attached hydrogens (tertiary/aromatic N) is 2. The molecule has 1 aromatic rings. The van der Waals surface area contributed by atoms with E-state index in [-0.39, 0.29) is 25.1 Å². The minimum absolute atomic E-state index is 0.117. The van der Waals surface area contributed by atoms with Crippen LogP contribution in [0, 0.1) is 16.7 Å². The monoisotopic (exact) mass is 340 g/mol. The van der Waals surface area contributed by atoms with Crippen molar-refractivity contribution in [3.63, 3.8) is 0 Å². The summed E-state index contributed by atoms with van der Waals surface area (Å²) < 4.78 is 44.2. The predicted molar refractivity (Wildman–Crippen MR) is 80.7 cm³/mol. The van der Waals surface area contributed by atoms with Crippen molar-refractivity contribution in [3.05, 3.63) is 35.4 Å². The molecule has 1 saturated heterocycles. The van der Waals surface area contributed by atoms with Crippen LogP contribution in [0.3, 0.4) is 0 Å². The fraction of sp³-hybridized carbons (Fsp3) is 0.529. The fourth-order valence-electron chi connectivity index (χ4n) is 2.56. The fourth-order valence-corrected chi connectivity index (χ4v) is 2.56. The number of amides is 1. The van der Waals surface area contributed by atoms with Gasteiger partial charge in [0.2, 0.25) is 5.91 Å². The van der Waals surface area contributed by atoms with Crippen molar-refractivity contribution < 1.29 is 22.7 Å². The van der Waals surface area contributed by atoms with Crippen LogP contribution in [0.2, 0.25) is 0 Å². The van der Waals surface area contributed by atoms with Crippen LogP contribution in [0.5, 0.6) is 0 Å². The number of carbonyl (C=O) groups excluding carboxylic acids is 1. The Hall–Kier alpha value is -2.07. The molecule has 0 radical (unpaired) electrons. The number of morpholine rings is 1. The van der Waals surface area contributed by atoms with E-state index in [4.69, 9.17) is 10.00 Å². The summed E-state index contributed by atoms with van der Waals surface area (Å²) in [5.41, 5.74) is -1.58. The van der Waals surface area contributed by atoms with Gasteiger partial charge in [0.15, 0.2) is 0 Å². The van der Waals surface area contributed by atoms with E-state index in [1.54, 1.807) is 13.0 Å². The zero-order valence-corrected chi connectivity index (χ0v) is 13.7. The molecular formula is C17H19F3N2O2. The average Bonchev–Trinajstić information content (AvgIpc) is 2.54. The van der Waals surface area contributed by atoms with Gasteiger partial charge in [-0.25, -0.2) is 0 Å². The number of alkyl halides is 3. The Labute approximate surface area is 138 Å². The van der Waals surface area contributed by atoms with Gasteiger partial charge in [0.25, 0.3) is 0 Å². The summed E-state index contributed by atoms with van der Waals surface area (Å²) in [6, 6.07) is 6.63. The van der Waals surface area contributed by atoms with Gasteiger partial charge in [-0.15, -0.1) is 0 Å². The lowest BCUT2D eigenvalue weighted by atomic mass is 9.92. The second kappa shape index (κ2) is 6.44. The maximum atomic E-state index is 12.9. The van der Waals surface area contributed by atoms with E-state index in [1.807, 2.05) is 6.07 Å². The number of nitriles is 1. The van der Waals surface area contributed by atoms with Crippen molar-refractivity contribution >= 4 is 5.91 Å². The molecule has 1 amide bonds. The molecular weight excluding hydrogens is 321 g/mol. The number of benzene rings is 1. The lowest BCUT2D eigenvalue weighted by Crippen LogP contribution is -2.52. The highest BCUT2D eigenvalue weighted by atomic mass is 19.4. The second-order valence-corrected chi connectivity index (χ2v) is 6.49. The van der Waals surface area contributed by atoms with Gasteiger partial charge >= 0.3 is 6.18 Å². The normalized spacial score (nSPS) is 22.1.